The first-order chi connectivity index (χ1) is 91.2. The molecule has 6 saturated heterocycles. The van der Waals surface area contributed by atoms with Gasteiger partial charge in [0.1, 0.15) is 34.7 Å². The number of fused-ring (bicyclic) bond motifs is 18. The summed E-state index contributed by atoms with van der Waals surface area (Å²) in [5, 5.41) is 0. The number of Topliss-reactive ketones (excluding diaryl/α,β-unsaturated/α-hetero) is 6. The molecule has 0 amide bonds. The smallest absolute Gasteiger partial charge is 0.161 e. The van der Waals surface area contributed by atoms with Crippen LogP contribution in [0, 0.1) is 70.9 Å². The van der Waals surface area contributed by atoms with Gasteiger partial charge in [-0.15, -0.1) is 0 Å². The zero-order chi connectivity index (χ0) is 157. The maximum atomic E-state index is 13.8. The van der Waals surface area contributed by atoms with Gasteiger partial charge in [-0.2, -0.15) is 0 Å². The standard InChI is InChI=1S/3C20H29NO3.3C19H27NO3/c3*1-5-13(2)8-15-12-21-7-6-14-9-19(23-3)20(24-4)10-16(14)17(21)11-18(15)22;3*1-12(2)7-14-11-20-6-5-13-8-18(22-3)19(23-4)9-15(13)16(20)10-17(14)21/h3*9-10,13,15,17H,5-8,11-12H2,1-4H3;3*8-9,12,14,16H,5-7,10-11H2,1-4H3/i2D3,5D2,6D2,7D2,8D2,11D2,13D,15D,17D;2D3,5D2,8D2,11D2,12D2,13D,15D;2D3,5D2,6D2,7D2,8D2,11D2,13D;5D2,6D2,11D2,16D;5D2,6D2,10D2,14D;5D2,6D2,16D. The Morgan fingerprint density at radius 2 is 0.624 bits per heavy atom. The Bertz CT molecular complexity index is 8400. The van der Waals surface area contributed by atoms with Crippen molar-refractivity contribution in [1.82, 2.24) is 29.4 Å². The van der Waals surface area contributed by atoms with E-state index in [9.17, 15) is 30.1 Å². The number of nitrogens with zero attached hydrogens (tertiary/aromatic N) is 6. The number of piperidine rings is 6. The average molecular weight is 2010 g/mol. The van der Waals surface area contributed by atoms with Gasteiger partial charge in [0.15, 0.2) is 69.0 Å². The number of ketones is 6. The van der Waals surface area contributed by atoms with E-state index < -0.39 is 317 Å². The molecule has 0 N–H and O–H groups in total. The third-order valence-electron chi connectivity index (χ3n) is 24.6. The number of ether oxygens (including phenoxy) is 12. The molecular formula is C117H168N6O18. The van der Waals surface area contributed by atoms with Crippen LogP contribution >= 0.6 is 0 Å². The van der Waals surface area contributed by atoms with Crippen molar-refractivity contribution >= 4 is 34.7 Å². The second-order valence-electron chi connectivity index (χ2n) is 35.0. The fourth-order valence-electron chi connectivity index (χ4n) is 17.5. The zero-order valence-corrected chi connectivity index (χ0v) is 82.9. The second-order valence-corrected chi connectivity index (χ2v) is 35.0. The van der Waals surface area contributed by atoms with E-state index in [0.29, 0.717) is 54.1 Å². The van der Waals surface area contributed by atoms with E-state index in [4.69, 9.17) is 140 Å². The van der Waals surface area contributed by atoms with E-state index in [1.807, 2.05) is 41.5 Å². The Morgan fingerprint density at radius 3 is 1.05 bits per heavy atom. The van der Waals surface area contributed by atoms with Crippen molar-refractivity contribution in [2.75, 3.05) is 164 Å². The molecule has 6 aromatic rings. The third-order valence-corrected chi connectivity index (χ3v) is 24.6. The predicted molar refractivity (Wildman–Crippen MR) is 555 cm³/mol. The molecule has 24 nitrogen and oxygen atoms in total. The quantitative estimate of drug-likeness (QED) is 0.0466. The van der Waals surface area contributed by atoms with Crippen molar-refractivity contribution < 1.29 is 171 Å². The summed E-state index contributed by atoms with van der Waals surface area (Å²) in [6, 6.07) is 3.64. The summed E-state index contributed by atoms with van der Waals surface area (Å²) in [6.07, 6.45) is -47.1. The van der Waals surface area contributed by atoms with Gasteiger partial charge in [-0.05, 0) is 252 Å². The largest absolute Gasteiger partial charge is 0.493 e. The van der Waals surface area contributed by atoms with Crippen LogP contribution in [-0.4, -0.2) is 228 Å². The SMILES string of the molecule is [2H]C([2H])([2H])C([2H])(C([2H])([2H])C)C([2H])([2H])C1([2H])CN2C([2H])([2H])C([2H])([2H])c3cc(OC)c(OC)cc3C2([2H])C([2H])([2H])C1=O.[2H]C1(CC(C)C)CN2C(c3cc(OC)c(OC)cc3C([2H])([2H])C2([2H])[2H])C([2H])([2H])C1=O.[2H]C1([2H])C(=O)C(C([2H])([2H])C([2H])(C([2H])([2H])[2H])C([2H])([2H])C)CN2C1c1cc(OC)c(OC)cc1C([2H])([2H])C2([2H])[2H].[2H]C1([2H])C(=O)C([2H])(C([2H])([2H])C([2H])(C([2H])([2H])[2H])C([2H])([2H])C)C([2H])([2H])N2CCc3cc(OC)c(OC)cc3C21.[2H]C12CC(=O)C(CC(C)C)C([2H])([2H])N1C([2H])([2H])C([2H])([2H])c1cc(OC)c(OC)cc12.[2H]C12CC(=O)C(CC(C)C)CN1C([2H])([2H])C([2H])([2H])c1cc(OC)c(OC)cc12. The minimum Gasteiger partial charge on any atom is -0.493 e. The van der Waals surface area contributed by atoms with Crippen molar-refractivity contribution in [1.29, 1.82) is 0 Å². The molecule has 24 heteroatoms. The molecule has 6 aromatic carbocycles. The summed E-state index contributed by atoms with van der Waals surface area (Å²) in [5.41, 5.74) is -0.837. The molecular weight excluding hydrogens is 1780 g/mol. The van der Waals surface area contributed by atoms with E-state index in [1.165, 1.54) is 139 Å². The van der Waals surface area contributed by atoms with Gasteiger partial charge < -0.3 is 56.8 Å². The lowest BCUT2D eigenvalue weighted by molar-refractivity contribution is -0.130. The highest BCUT2D eigenvalue weighted by Crippen LogP contribution is 2.51. The van der Waals surface area contributed by atoms with Crippen LogP contribution < -0.4 is 56.8 Å². The van der Waals surface area contributed by atoms with Crippen molar-refractivity contribution in [2.45, 2.75) is 253 Å². The fourth-order valence-corrected chi connectivity index (χ4v) is 17.5. The lowest BCUT2D eigenvalue weighted by Crippen LogP contribution is -2.46. The Kier molecular flexibility index (Phi) is 18.9. The molecule has 6 fully saturated rings. The van der Waals surface area contributed by atoms with E-state index in [1.54, 1.807) is 6.07 Å². The van der Waals surface area contributed by atoms with Crippen molar-refractivity contribution in [3.05, 3.63) is 140 Å². The monoisotopic (exact) mass is 2010 g/mol. The first kappa shape index (κ1) is 53.2. The van der Waals surface area contributed by atoms with Crippen LogP contribution in [0.3, 0.4) is 0 Å². The van der Waals surface area contributed by atoms with Gasteiger partial charge in [-0.1, -0.05) is 102 Å². The topological polar surface area (TPSA) is 233 Å². The van der Waals surface area contributed by atoms with E-state index >= 15 is 0 Å². The van der Waals surface area contributed by atoms with Crippen LogP contribution in [0.15, 0.2) is 72.8 Å². The number of hydrogen-bond donors (Lipinski definition) is 0. The molecule has 15 atom stereocenters. The van der Waals surface area contributed by atoms with Crippen molar-refractivity contribution in [3.8, 4) is 69.0 Å². The first-order valence-corrected chi connectivity index (χ1v) is 45.7. The van der Waals surface area contributed by atoms with Crippen LogP contribution in [0.5, 0.6) is 69.0 Å². The first-order valence-electron chi connectivity index (χ1n) is 76.7. The summed E-state index contributed by atoms with van der Waals surface area (Å²) in [6.45, 7) is -21.9. The van der Waals surface area contributed by atoms with Gasteiger partial charge in [-0.3, -0.25) is 58.2 Å². The Labute approximate surface area is 929 Å². The highest BCUT2D eigenvalue weighted by molar-refractivity contribution is 5.86. The van der Waals surface area contributed by atoms with Crippen LogP contribution in [-0.2, 0) is 67.1 Å². The fraction of sp³-hybridized carbons (Fsp3) is 0.641. The van der Waals surface area contributed by atoms with Gasteiger partial charge in [0.25, 0.3) is 0 Å². The second kappa shape index (κ2) is 50.0. The minimum atomic E-state index is -4.05. The van der Waals surface area contributed by atoms with Gasteiger partial charge >= 0.3 is 0 Å². The normalized spacial score (nSPS) is 41.5. The molecule has 141 heavy (non-hydrogen) atoms. The number of hydrogen-bond acceptors (Lipinski definition) is 24. The Morgan fingerprint density at radius 1 is 0.319 bits per heavy atom. The molecule has 12 aliphatic rings. The van der Waals surface area contributed by atoms with Crippen molar-refractivity contribution in [3.63, 3.8) is 0 Å². The maximum absolute atomic E-state index is 13.8. The average Bonchev–Trinajstić information content (AvgIpc) is 0.653. The molecule has 18 rings (SSSR count). The number of carbonyl (C=O) groups is 6. The summed E-state index contributed by atoms with van der Waals surface area (Å²) < 4.78 is 588. The molecule has 0 bridgehead atoms. The lowest BCUT2D eigenvalue weighted by Gasteiger charge is -2.43. The Balaban J connectivity index is 0.000000196. The van der Waals surface area contributed by atoms with Gasteiger partial charge in [-0.25, -0.2) is 0 Å². The number of benzene rings is 6. The number of rotatable bonds is 27. The molecule has 12 heterocycles. The third kappa shape index (κ3) is 25.6. The number of carbonyl (C=O) groups excluding carboxylic acids is 6. The van der Waals surface area contributed by atoms with Gasteiger partial charge in [0.2, 0.25) is 0 Å². The number of methoxy groups -OCH3 is 12. The van der Waals surface area contributed by atoms with Crippen molar-refractivity contribution in [2.24, 2.45) is 70.9 Å². The maximum Gasteiger partial charge on any atom is 0.161 e. The predicted octanol–water partition coefficient (Wildman–Crippen LogP) is 20.6. The van der Waals surface area contributed by atoms with E-state index in [2.05, 4.69) is 0 Å². The van der Waals surface area contributed by atoms with Crippen LogP contribution in [0.4, 0.5) is 0 Å². The summed E-state index contributed by atoms with van der Waals surface area (Å²) in [5.74, 6) is -29.8. The Hall–Kier alpha value is -9.30. The van der Waals surface area contributed by atoms with Crippen LogP contribution in [0.1, 0.15) is 367 Å². The van der Waals surface area contributed by atoms with E-state index in [-0.39, 0.29) is 175 Å². The summed E-state index contributed by atoms with van der Waals surface area (Å²) >= 11 is 0. The summed E-state index contributed by atoms with van der Waals surface area (Å²) in [4.78, 5) is 84.6. The highest BCUT2D eigenvalue weighted by atomic mass is 16.5. The van der Waals surface area contributed by atoms with Crippen LogP contribution in [0.2, 0.25) is 0 Å². The van der Waals surface area contributed by atoms with Gasteiger partial charge in [0, 0.05) is 269 Å². The molecule has 0 aliphatic carbocycles. The molecule has 774 valence electrons. The van der Waals surface area contributed by atoms with Gasteiger partial charge in [0.05, 0.1) is 89.4 Å². The molecule has 0 saturated carbocycles. The summed E-state index contributed by atoms with van der Waals surface area (Å²) in [7, 11) is 16.0. The van der Waals surface area contributed by atoms with Crippen LogP contribution in [0.25, 0.3) is 0 Å². The highest BCUT2D eigenvalue weighted by Gasteiger charge is 2.47. The molecule has 0 radical (unpaired) electrons. The van der Waals surface area contributed by atoms with E-state index in [0.717, 1.165) is 28.0 Å². The minimum absolute atomic E-state index is 0.000460. The number of aryl methyl sites for hydroxylation is 5. The molecule has 15 unspecified atom stereocenters. The lowest BCUT2D eigenvalue weighted by atomic mass is 9.79. The molecule has 0 aromatic heterocycles. The zero-order valence-electron chi connectivity index (χ0n) is 145. The molecule has 0 spiro atoms. The molecule has 12 aliphatic heterocycles.